The van der Waals surface area contributed by atoms with Gasteiger partial charge < -0.3 is 5.32 Å². The third-order valence-electron chi connectivity index (χ3n) is 7.28. The molecule has 1 N–H and O–H groups in total. The summed E-state index contributed by atoms with van der Waals surface area (Å²) < 4.78 is 0. The number of nitrogens with zero attached hydrogens (tertiary/aromatic N) is 1. The average molecular weight is 492 g/mol. The molecule has 2 aromatic carbocycles. The molecule has 2 heterocycles. The lowest BCUT2D eigenvalue weighted by Crippen LogP contribution is -2.37. The molecule has 6 heteroatoms. The predicted octanol–water partition coefficient (Wildman–Crippen LogP) is 6.90. The first-order chi connectivity index (χ1) is 15.1. The molecule has 1 atom stereocenters. The molecular weight excluding hydrogens is 463 g/mol. The van der Waals surface area contributed by atoms with E-state index in [-0.39, 0.29) is 23.7 Å². The van der Waals surface area contributed by atoms with Crippen molar-refractivity contribution in [1.82, 2.24) is 4.90 Å². The molecule has 2 aliphatic heterocycles. The molecule has 1 amide bonds. The lowest BCUT2D eigenvalue weighted by atomic mass is 9.68. The smallest absolute Gasteiger partial charge is 0.235 e. The molecule has 0 spiro atoms. The summed E-state index contributed by atoms with van der Waals surface area (Å²) in [4.78, 5) is 15.5. The Bertz CT molecular complexity index is 1030. The number of carbonyl (C=O) groups excluding carboxylic acids is 1. The maximum Gasteiger partial charge on any atom is 0.235 e. The molecule has 0 bridgehead atoms. The van der Waals surface area contributed by atoms with E-state index in [1.165, 1.54) is 22.3 Å². The van der Waals surface area contributed by atoms with Crippen molar-refractivity contribution >= 4 is 52.8 Å². The van der Waals surface area contributed by atoms with Crippen LogP contribution in [0.4, 0.5) is 5.69 Å². The summed E-state index contributed by atoms with van der Waals surface area (Å²) in [5.74, 6) is 0.180. The zero-order chi connectivity index (χ0) is 21.4. The summed E-state index contributed by atoms with van der Waals surface area (Å²) in [5.41, 5.74) is 5.71. The van der Waals surface area contributed by atoms with Gasteiger partial charge in [-0.15, -0.1) is 12.4 Å². The first-order valence-corrected chi connectivity index (χ1v) is 12.1. The maximum absolute atomic E-state index is 13.0. The summed E-state index contributed by atoms with van der Waals surface area (Å²) in [6, 6.07) is 12.1. The number of halogens is 3. The molecule has 3 aliphatic rings. The van der Waals surface area contributed by atoms with E-state index in [0.717, 1.165) is 80.3 Å². The first-order valence-electron chi connectivity index (χ1n) is 11.4. The number of hydrogen-bond acceptors (Lipinski definition) is 2. The molecule has 5 rings (SSSR count). The van der Waals surface area contributed by atoms with Gasteiger partial charge in [0.25, 0.3) is 0 Å². The summed E-state index contributed by atoms with van der Waals surface area (Å²) >= 11 is 12.5. The zero-order valence-corrected chi connectivity index (χ0v) is 20.5. The van der Waals surface area contributed by atoms with Gasteiger partial charge in [0.15, 0.2) is 0 Å². The number of anilines is 1. The molecule has 0 saturated heterocycles. The van der Waals surface area contributed by atoms with Gasteiger partial charge in [-0.2, -0.15) is 0 Å². The van der Waals surface area contributed by atoms with E-state index < -0.39 is 0 Å². The van der Waals surface area contributed by atoms with Crippen LogP contribution in [0.2, 0.25) is 10.0 Å². The second-order valence-electron chi connectivity index (χ2n) is 9.08. The van der Waals surface area contributed by atoms with E-state index in [4.69, 9.17) is 23.2 Å². The Morgan fingerprint density at radius 2 is 1.84 bits per heavy atom. The van der Waals surface area contributed by atoms with Crippen molar-refractivity contribution in [1.29, 1.82) is 0 Å². The number of benzene rings is 2. The monoisotopic (exact) mass is 490 g/mol. The van der Waals surface area contributed by atoms with E-state index in [1.54, 1.807) is 0 Å². The van der Waals surface area contributed by atoms with Gasteiger partial charge in [0.2, 0.25) is 5.91 Å². The molecule has 1 unspecified atom stereocenters. The van der Waals surface area contributed by atoms with Crippen molar-refractivity contribution in [3.05, 3.63) is 69.2 Å². The van der Waals surface area contributed by atoms with Crippen molar-refractivity contribution in [2.75, 3.05) is 25.0 Å². The molecule has 0 fully saturated rings. The Balaban J connectivity index is 0.00000245. The van der Waals surface area contributed by atoms with Crippen LogP contribution in [0.3, 0.4) is 0 Å². The highest BCUT2D eigenvalue weighted by Crippen LogP contribution is 2.51. The van der Waals surface area contributed by atoms with Crippen LogP contribution in [0.25, 0.3) is 5.57 Å². The summed E-state index contributed by atoms with van der Waals surface area (Å²) in [5, 5.41) is 4.74. The van der Waals surface area contributed by atoms with Gasteiger partial charge in [0, 0.05) is 28.8 Å². The predicted molar refractivity (Wildman–Crippen MR) is 136 cm³/mol. The van der Waals surface area contributed by atoms with E-state index in [0.29, 0.717) is 0 Å². The van der Waals surface area contributed by atoms with Gasteiger partial charge in [-0.3, -0.25) is 9.69 Å². The van der Waals surface area contributed by atoms with Crippen LogP contribution in [0, 0.1) is 0 Å². The van der Waals surface area contributed by atoms with Gasteiger partial charge >= 0.3 is 0 Å². The lowest BCUT2D eigenvalue weighted by molar-refractivity contribution is -0.121. The van der Waals surface area contributed by atoms with Gasteiger partial charge in [0.1, 0.15) is 0 Å². The number of amides is 1. The molecule has 0 aromatic heterocycles. The van der Waals surface area contributed by atoms with Crippen molar-refractivity contribution < 1.29 is 4.79 Å². The van der Waals surface area contributed by atoms with Gasteiger partial charge in [-0.25, -0.2) is 0 Å². The Kier molecular flexibility index (Phi) is 7.21. The van der Waals surface area contributed by atoms with Crippen LogP contribution in [0.5, 0.6) is 0 Å². The van der Waals surface area contributed by atoms with Crippen molar-refractivity contribution in [2.24, 2.45) is 0 Å². The van der Waals surface area contributed by atoms with Gasteiger partial charge in [-0.05, 0) is 91.6 Å². The fourth-order valence-electron chi connectivity index (χ4n) is 5.64. The fraction of sp³-hybridized carbons (Fsp3) is 0.423. The highest BCUT2D eigenvalue weighted by Gasteiger charge is 2.49. The maximum atomic E-state index is 13.0. The molecule has 0 radical (unpaired) electrons. The van der Waals surface area contributed by atoms with Crippen LogP contribution in [-0.2, 0) is 16.6 Å². The molecule has 3 nitrogen and oxygen atoms in total. The van der Waals surface area contributed by atoms with E-state index >= 15 is 0 Å². The quantitative estimate of drug-likeness (QED) is 0.446. The van der Waals surface area contributed by atoms with Crippen LogP contribution in [0.1, 0.15) is 55.2 Å². The highest BCUT2D eigenvalue weighted by atomic mass is 35.5. The van der Waals surface area contributed by atoms with Crippen LogP contribution < -0.4 is 5.32 Å². The fourth-order valence-corrected chi connectivity index (χ4v) is 6.02. The highest BCUT2D eigenvalue weighted by molar-refractivity contribution is 6.32. The Morgan fingerprint density at radius 1 is 1.03 bits per heavy atom. The number of unbranched alkanes of at least 4 members (excludes halogenated alkanes) is 1. The third-order valence-corrected chi connectivity index (χ3v) is 7.89. The van der Waals surface area contributed by atoms with Gasteiger partial charge in [0.05, 0.1) is 5.41 Å². The van der Waals surface area contributed by atoms with Crippen molar-refractivity contribution in [2.45, 2.75) is 50.4 Å². The standard InChI is InChI=1S/C26H28Cl2N2O.ClH/c27-20-7-5-18(6-8-20)19-11-16-30(17-12-19)15-2-1-13-26-14-3-4-21-22(28)9-10-23(24(21)26)29-25(26)31;/h5-11H,1-4,12-17H2,(H,29,31);1H. The molecule has 32 heavy (non-hydrogen) atoms. The lowest BCUT2D eigenvalue weighted by Gasteiger charge is -2.34. The summed E-state index contributed by atoms with van der Waals surface area (Å²) in [7, 11) is 0. The number of nitrogens with one attached hydrogen (secondary N) is 1. The zero-order valence-electron chi connectivity index (χ0n) is 18.1. The minimum Gasteiger partial charge on any atom is -0.325 e. The van der Waals surface area contributed by atoms with Crippen molar-refractivity contribution in [3.63, 3.8) is 0 Å². The Labute approximate surface area is 206 Å². The first kappa shape index (κ1) is 23.6. The second kappa shape index (κ2) is 9.77. The number of carbonyl (C=O) groups is 1. The molecule has 1 aliphatic carbocycles. The summed E-state index contributed by atoms with van der Waals surface area (Å²) in [6.45, 7) is 3.16. The number of hydrogen-bond donors (Lipinski definition) is 1. The van der Waals surface area contributed by atoms with E-state index in [1.807, 2.05) is 24.3 Å². The average Bonchev–Trinajstić information content (AvgIpc) is 3.08. The summed E-state index contributed by atoms with van der Waals surface area (Å²) in [6.07, 6.45) is 9.47. The Morgan fingerprint density at radius 3 is 2.59 bits per heavy atom. The van der Waals surface area contributed by atoms with Crippen LogP contribution in [-0.4, -0.2) is 30.4 Å². The van der Waals surface area contributed by atoms with Gasteiger partial charge in [-0.1, -0.05) is 47.8 Å². The molecule has 0 saturated carbocycles. The largest absolute Gasteiger partial charge is 0.325 e. The molecular formula is C26H29Cl3N2O. The Hall–Kier alpha value is -1.52. The molecule has 170 valence electrons. The second-order valence-corrected chi connectivity index (χ2v) is 9.93. The van der Waals surface area contributed by atoms with Crippen LogP contribution in [0.15, 0.2) is 42.5 Å². The number of rotatable bonds is 6. The minimum absolute atomic E-state index is 0. The third kappa shape index (κ3) is 4.33. The molecule has 2 aromatic rings. The van der Waals surface area contributed by atoms with Crippen LogP contribution >= 0.6 is 35.6 Å². The van der Waals surface area contributed by atoms with E-state index in [2.05, 4.69) is 28.4 Å². The SMILES string of the molecule is Cl.O=C1Nc2ccc(Cl)c3c2C1(CCCCN1CC=C(c2ccc(Cl)cc2)CC1)CCC3. The topological polar surface area (TPSA) is 32.3 Å². The minimum atomic E-state index is -0.364. The van der Waals surface area contributed by atoms with E-state index in [9.17, 15) is 4.79 Å². The normalized spacial score (nSPS) is 22.1. The van der Waals surface area contributed by atoms with Crippen molar-refractivity contribution in [3.8, 4) is 0 Å².